The van der Waals surface area contributed by atoms with Crippen LogP contribution in [0, 0.1) is 12.3 Å². The second-order valence-electron chi connectivity index (χ2n) is 5.02. The van der Waals surface area contributed by atoms with Gasteiger partial charge in [-0.15, -0.1) is 6.42 Å². The molecule has 0 saturated heterocycles. The molecule has 0 bridgehead atoms. The molecule has 20 heavy (non-hydrogen) atoms. The Morgan fingerprint density at radius 2 is 2.15 bits per heavy atom. The second-order valence-corrected chi connectivity index (χ2v) is 5.02. The van der Waals surface area contributed by atoms with Crippen molar-refractivity contribution in [2.24, 2.45) is 0 Å². The predicted octanol–water partition coefficient (Wildman–Crippen LogP) is 2.52. The van der Waals surface area contributed by atoms with Gasteiger partial charge in [0.05, 0.1) is 0 Å². The predicted molar refractivity (Wildman–Crippen MR) is 84.9 cm³/mol. The van der Waals surface area contributed by atoms with Crippen LogP contribution in [0.4, 0.5) is 0 Å². The fraction of sp³-hybridized carbons (Fsp3) is 0.529. The van der Waals surface area contributed by atoms with Crippen LogP contribution < -0.4 is 10.1 Å². The zero-order chi connectivity index (χ0) is 14.8. The Bertz CT molecular complexity index is 425. The van der Waals surface area contributed by atoms with Crippen molar-refractivity contribution in [3.8, 4) is 18.1 Å². The number of nitrogens with one attached hydrogen (secondary N) is 1. The molecule has 3 nitrogen and oxygen atoms in total. The maximum Gasteiger partial charge on any atom is 0.148 e. The summed E-state index contributed by atoms with van der Waals surface area (Å²) in [6, 6.07) is 8.64. The molecule has 1 aromatic rings. The maximum atomic E-state index is 5.53. The summed E-state index contributed by atoms with van der Waals surface area (Å²) in [7, 11) is 2.17. The maximum absolute atomic E-state index is 5.53. The van der Waals surface area contributed by atoms with E-state index in [1.165, 1.54) is 6.42 Å². The average Bonchev–Trinajstić information content (AvgIpc) is 2.49. The van der Waals surface area contributed by atoms with E-state index in [9.17, 15) is 0 Å². The molecule has 110 valence electrons. The van der Waals surface area contributed by atoms with E-state index in [1.807, 2.05) is 18.2 Å². The molecule has 0 aliphatic rings. The zero-order valence-corrected chi connectivity index (χ0v) is 12.9. The van der Waals surface area contributed by atoms with Crippen LogP contribution in [-0.2, 0) is 6.54 Å². The van der Waals surface area contributed by atoms with Gasteiger partial charge in [0.25, 0.3) is 0 Å². The Labute approximate surface area is 123 Å². The molecular formula is C17H26N2O. The van der Waals surface area contributed by atoms with Crippen molar-refractivity contribution < 1.29 is 4.74 Å². The first kappa shape index (κ1) is 16.6. The quantitative estimate of drug-likeness (QED) is 0.553. The monoisotopic (exact) mass is 274 g/mol. The minimum absolute atomic E-state index is 0.313. The molecule has 3 heteroatoms. The minimum Gasteiger partial charge on any atom is -0.481 e. The van der Waals surface area contributed by atoms with Crippen molar-refractivity contribution in [2.75, 3.05) is 26.7 Å². The number of hydrogen-bond donors (Lipinski definition) is 1. The number of terminal acetylenes is 1. The van der Waals surface area contributed by atoms with Gasteiger partial charge in [0.2, 0.25) is 0 Å². The zero-order valence-electron chi connectivity index (χ0n) is 12.9. The van der Waals surface area contributed by atoms with Crippen molar-refractivity contribution in [1.82, 2.24) is 10.2 Å². The summed E-state index contributed by atoms with van der Waals surface area (Å²) in [6.45, 7) is 7.59. The van der Waals surface area contributed by atoms with Crippen LogP contribution in [0.1, 0.15) is 25.8 Å². The Morgan fingerprint density at radius 3 is 2.85 bits per heavy atom. The average molecular weight is 274 g/mol. The third-order valence-corrected chi connectivity index (χ3v) is 3.58. The lowest BCUT2D eigenvalue weighted by Gasteiger charge is -2.23. The van der Waals surface area contributed by atoms with Crippen LogP contribution in [0.15, 0.2) is 24.3 Å². The Kier molecular flexibility index (Phi) is 7.79. The van der Waals surface area contributed by atoms with Crippen molar-refractivity contribution in [3.05, 3.63) is 29.8 Å². The van der Waals surface area contributed by atoms with Crippen molar-refractivity contribution in [3.63, 3.8) is 0 Å². The molecule has 1 atom stereocenters. The van der Waals surface area contributed by atoms with Crippen LogP contribution in [0.2, 0.25) is 0 Å². The number of likely N-dealkylation sites (N-methyl/N-ethyl adjacent to an activating group) is 1. The van der Waals surface area contributed by atoms with E-state index in [0.29, 0.717) is 12.6 Å². The Morgan fingerprint density at radius 1 is 1.40 bits per heavy atom. The SMILES string of the molecule is C#CCOc1ccccc1CNCCN(C)C(C)CC. The highest BCUT2D eigenvalue weighted by atomic mass is 16.5. The first-order valence-electron chi connectivity index (χ1n) is 7.24. The number of para-hydroxylation sites is 1. The summed E-state index contributed by atoms with van der Waals surface area (Å²) >= 11 is 0. The highest BCUT2D eigenvalue weighted by Gasteiger charge is 2.06. The lowest BCUT2D eigenvalue weighted by atomic mass is 10.2. The molecule has 1 N–H and O–H groups in total. The molecule has 1 unspecified atom stereocenters. The molecule has 1 aromatic carbocycles. The summed E-state index contributed by atoms with van der Waals surface area (Å²) in [6.07, 6.45) is 6.41. The number of benzene rings is 1. The number of hydrogen-bond acceptors (Lipinski definition) is 3. The van der Waals surface area contributed by atoms with Gasteiger partial charge in [-0.25, -0.2) is 0 Å². The van der Waals surface area contributed by atoms with E-state index in [0.717, 1.165) is 30.9 Å². The number of rotatable bonds is 9. The van der Waals surface area contributed by atoms with E-state index >= 15 is 0 Å². The number of ether oxygens (including phenoxy) is 1. The molecule has 1 rings (SSSR count). The summed E-state index contributed by atoms with van der Waals surface area (Å²) in [5.74, 6) is 3.36. The topological polar surface area (TPSA) is 24.5 Å². The van der Waals surface area contributed by atoms with Gasteiger partial charge < -0.3 is 15.0 Å². The lowest BCUT2D eigenvalue weighted by molar-refractivity contribution is 0.251. The molecule has 0 aromatic heterocycles. The normalized spacial score (nSPS) is 12.2. The van der Waals surface area contributed by atoms with Crippen molar-refractivity contribution in [2.45, 2.75) is 32.9 Å². The van der Waals surface area contributed by atoms with Crippen LogP contribution >= 0.6 is 0 Å². The lowest BCUT2D eigenvalue weighted by Crippen LogP contribution is -2.34. The molecule has 0 fully saturated rings. The molecule has 0 aliphatic carbocycles. The van der Waals surface area contributed by atoms with E-state index < -0.39 is 0 Å². The van der Waals surface area contributed by atoms with E-state index in [4.69, 9.17) is 11.2 Å². The van der Waals surface area contributed by atoms with E-state index in [2.05, 4.69) is 43.1 Å². The van der Waals surface area contributed by atoms with Gasteiger partial charge in [0.15, 0.2) is 0 Å². The van der Waals surface area contributed by atoms with Crippen molar-refractivity contribution in [1.29, 1.82) is 0 Å². The van der Waals surface area contributed by atoms with Gasteiger partial charge in [-0.05, 0) is 26.5 Å². The van der Waals surface area contributed by atoms with Crippen LogP contribution in [0.25, 0.3) is 0 Å². The first-order valence-corrected chi connectivity index (χ1v) is 7.24. The van der Waals surface area contributed by atoms with E-state index in [1.54, 1.807) is 0 Å². The Hall–Kier alpha value is -1.50. The van der Waals surface area contributed by atoms with Crippen molar-refractivity contribution >= 4 is 0 Å². The highest BCUT2D eigenvalue weighted by molar-refractivity contribution is 5.33. The second kappa shape index (κ2) is 9.41. The Balaban J connectivity index is 2.37. The third-order valence-electron chi connectivity index (χ3n) is 3.58. The first-order chi connectivity index (χ1) is 9.69. The molecule has 0 radical (unpaired) electrons. The molecule has 0 saturated carbocycles. The van der Waals surface area contributed by atoms with Crippen LogP contribution in [-0.4, -0.2) is 37.7 Å². The van der Waals surface area contributed by atoms with E-state index in [-0.39, 0.29) is 0 Å². The minimum atomic E-state index is 0.313. The summed E-state index contributed by atoms with van der Waals surface area (Å²) < 4.78 is 5.53. The van der Waals surface area contributed by atoms with Gasteiger partial charge in [-0.1, -0.05) is 31.0 Å². The molecule has 0 aliphatic heterocycles. The largest absolute Gasteiger partial charge is 0.481 e. The van der Waals surface area contributed by atoms with Gasteiger partial charge in [0.1, 0.15) is 12.4 Å². The molecular weight excluding hydrogens is 248 g/mol. The summed E-state index contributed by atoms with van der Waals surface area (Å²) in [5, 5.41) is 3.46. The van der Waals surface area contributed by atoms with Gasteiger partial charge in [-0.3, -0.25) is 0 Å². The summed E-state index contributed by atoms with van der Waals surface area (Å²) in [5.41, 5.74) is 1.15. The smallest absolute Gasteiger partial charge is 0.148 e. The standard InChI is InChI=1S/C17H26N2O/c1-5-13-20-17-10-8-7-9-16(17)14-18-11-12-19(4)15(3)6-2/h1,7-10,15,18H,6,11-14H2,2-4H3. The highest BCUT2D eigenvalue weighted by Crippen LogP contribution is 2.17. The number of nitrogens with zero attached hydrogens (tertiary/aromatic N) is 1. The summed E-state index contributed by atoms with van der Waals surface area (Å²) in [4.78, 5) is 2.37. The fourth-order valence-corrected chi connectivity index (χ4v) is 1.92. The van der Waals surface area contributed by atoms with Crippen LogP contribution in [0.3, 0.4) is 0 Å². The molecule has 0 heterocycles. The van der Waals surface area contributed by atoms with Gasteiger partial charge in [-0.2, -0.15) is 0 Å². The van der Waals surface area contributed by atoms with Gasteiger partial charge >= 0.3 is 0 Å². The van der Waals surface area contributed by atoms with Gasteiger partial charge in [0, 0.05) is 31.2 Å². The molecule has 0 amide bonds. The molecule has 0 spiro atoms. The fourth-order valence-electron chi connectivity index (χ4n) is 1.92. The van der Waals surface area contributed by atoms with Crippen LogP contribution in [0.5, 0.6) is 5.75 Å². The third kappa shape index (κ3) is 5.64.